The van der Waals surface area contributed by atoms with Gasteiger partial charge < -0.3 is 14.8 Å². The molecule has 0 aromatic heterocycles. The highest BCUT2D eigenvalue weighted by Crippen LogP contribution is 2.65. The van der Waals surface area contributed by atoms with Crippen LogP contribution in [0.25, 0.3) is 0 Å². The summed E-state index contributed by atoms with van der Waals surface area (Å²) in [6, 6.07) is 7.08. The number of nitrogens with one attached hydrogen (secondary N) is 1. The monoisotopic (exact) mass is 824 g/mol. The molecule has 0 aliphatic heterocycles. The molecule has 1 fully saturated rings. The molecule has 4 rings (SSSR count). The minimum Gasteiger partial charge on any atom is -0.443 e. The summed E-state index contributed by atoms with van der Waals surface area (Å²) in [4.78, 5) is 53.5. The molecule has 1 saturated carbocycles. The molecule has 3 aromatic carbocycles. The molecular formula is C35H32Cl6F2N2O6. The average molecular weight is 827 g/mol. The van der Waals surface area contributed by atoms with Crippen molar-refractivity contribution in [3.05, 3.63) is 90.4 Å². The minimum absolute atomic E-state index is 0.00339. The van der Waals surface area contributed by atoms with Gasteiger partial charge in [0.1, 0.15) is 21.4 Å². The van der Waals surface area contributed by atoms with Crippen LogP contribution in [-0.4, -0.2) is 39.4 Å². The van der Waals surface area contributed by atoms with Gasteiger partial charge in [-0.25, -0.2) is 18.4 Å². The van der Waals surface area contributed by atoms with Crippen LogP contribution >= 0.6 is 69.6 Å². The van der Waals surface area contributed by atoms with E-state index in [9.17, 15) is 19.2 Å². The Hall–Kier alpha value is -2.86. The first-order valence-electron chi connectivity index (χ1n) is 15.2. The summed E-state index contributed by atoms with van der Waals surface area (Å²) in [5.41, 5.74) is -2.40. The fourth-order valence-electron chi connectivity index (χ4n) is 5.13. The predicted molar refractivity (Wildman–Crippen MR) is 196 cm³/mol. The Morgan fingerprint density at radius 1 is 0.804 bits per heavy atom. The normalized spacial score (nSPS) is 16.7. The van der Waals surface area contributed by atoms with Gasteiger partial charge in [-0.15, -0.1) is 23.2 Å². The Labute approximate surface area is 323 Å². The Morgan fingerprint density at radius 2 is 1.33 bits per heavy atom. The van der Waals surface area contributed by atoms with E-state index in [0.717, 1.165) is 6.07 Å². The maximum absolute atomic E-state index is 15.3. The second kappa shape index (κ2) is 14.9. The van der Waals surface area contributed by atoms with Crippen molar-refractivity contribution < 1.29 is 37.4 Å². The quantitative estimate of drug-likeness (QED) is 0.145. The molecule has 0 radical (unpaired) electrons. The van der Waals surface area contributed by atoms with Crippen molar-refractivity contribution in [2.24, 2.45) is 5.92 Å². The van der Waals surface area contributed by atoms with Gasteiger partial charge in [-0.2, -0.15) is 4.90 Å². The van der Waals surface area contributed by atoms with E-state index in [0.29, 0.717) is 17.2 Å². The number of ether oxygens (including phenoxy) is 2. The number of anilines is 2. The molecule has 1 aliphatic rings. The largest absolute Gasteiger partial charge is 0.443 e. The van der Waals surface area contributed by atoms with Crippen molar-refractivity contribution in [3.63, 3.8) is 0 Å². The third kappa shape index (κ3) is 9.39. The minimum atomic E-state index is -1.52. The summed E-state index contributed by atoms with van der Waals surface area (Å²) in [6.45, 7) is 10.8. The zero-order chi connectivity index (χ0) is 38.5. The SMILES string of the molecule is Cc1cc(NC(=O)[C@H]2[C@H](c3cc(Cl)c(Cl)c(Cl)c3)C2(Cl)Cl)cc(C(=O)Cc2cc(N(C(=O)OC(C)(C)C)C(=O)OC(C)(C)C)c(F)cc2F)c1Cl. The van der Waals surface area contributed by atoms with Gasteiger partial charge in [0.05, 0.1) is 31.7 Å². The number of amides is 3. The zero-order valence-electron chi connectivity index (χ0n) is 28.2. The summed E-state index contributed by atoms with van der Waals surface area (Å²) >= 11 is 37.8. The van der Waals surface area contributed by atoms with Crippen LogP contribution in [0, 0.1) is 24.5 Å². The van der Waals surface area contributed by atoms with Crippen molar-refractivity contribution in [3.8, 4) is 0 Å². The van der Waals surface area contributed by atoms with E-state index in [1.165, 1.54) is 65.8 Å². The van der Waals surface area contributed by atoms with Gasteiger partial charge in [0.25, 0.3) is 0 Å². The third-order valence-corrected chi connectivity index (χ3v) is 10.0. The molecule has 0 spiro atoms. The van der Waals surface area contributed by atoms with Crippen molar-refractivity contribution in [2.45, 2.75) is 76.3 Å². The molecule has 1 aliphatic carbocycles. The van der Waals surface area contributed by atoms with E-state index in [-0.39, 0.29) is 41.8 Å². The lowest BCUT2D eigenvalue weighted by atomic mass is 9.99. The van der Waals surface area contributed by atoms with E-state index < -0.39 is 75.0 Å². The number of alkyl halides is 2. The molecule has 16 heteroatoms. The second-order valence-corrected chi connectivity index (χ2v) is 16.9. The van der Waals surface area contributed by atoms with Crippen LogP contribution in [0.4, 0.5) is 29.7 Å². The van der Waals surface area contributed by atoms with E-state index in [4.69, 9.17) is 79.1 Å². The molecule has 1 N–H and O–H groups in total. The fourth-order valence-corrected chi connectivity index (χ4v) is 6.78. The zero-order valence-corrected chi connectivity index (χ0v) is 32.8. The number of rotatable bonds is 7. The number of hydrogen-bond acceptors (Lipinski definition) is 6. The molecule has 0 heterocycles. The summed E-state index contributed by atoms with van der Waals surface area (Å²) < 4.78 is 39.5. The smallest absolute Gasteiger partial charge is 0.424 e. The average Bonchev–Trinajstić information content (AvgIpc) is 3.55. The highest BCUT2D eigenvalue weighted by atomic mass is 35.5. The molecule has 0 bridgehead atoms. The van der Waals surface area contributed by atoms with Gasteiger partial charge in [-0.3, -0.25) is 9.59 Å². The number of imide groups is 1. The number of Topliss-reactive ketones (excluding diaryl/α,β-unsaturated/α-hetero) is 1. The number of ketones is 1. The van der Waals surface area contributed by atoms with E-state index in [1.54, 1.807) is 6.92 Å². The van der Waals surface area contributed by atoms with Crippen LogP contribution in [0.15, 0.2) is 36.4 Å². The maximum atomic E-state index is 15.3. The van der Waals surface area contributed by atoms with Crippen molar-refractivity contribution in [1.29, 1.82) is 0 Å². The van der Waals surface area contributed by atoms with Gasteiger partial charge in [0, 0.05) is 29.7 Å². The van der Waals surface area contributed by atoms with Crippen LogP contribution < -0.4 is 10.2 Å². The van der Waals surface area contributed by atoms with E-state index in [1.807, 2.05) is 0 Å². The van der Waals surface area contributed by atoms with Crippen molar-refractivity contribution in [1.82, 2.24) is 0 Å². The molecule has 0 saturated heterocycles. The Kier molecular flexibility index (Phi) is 11.9. The first-order chi connectivity index (χ1) is 23.3. The van der Waals surface area contributed by atoms with Gasteiger partial charge in [-0.1, -0.05) is 46.4 Å². The summed E-state index contributed by atoms with van der Waals surface area (Å²) in [7, 11) is 0. The van der Waals surface area contributed by atoms with Crippen LogP contribution in [0.2, 0.25) is 20.1 Å². The molecule has 8 nitrogen and oxygen atoms in total. The number of carbonyl (C=O) groups excluding carboxylic acids is 4. The molecule has 0 unspecified atom stereocenters. The van der Waals surface area contributed by atoms with Gasteiger partial charge in [0.2, 0.25) is 5.91 Å². The van der Waals surface area contributed by atoms with Crippen molar-refractivity contribution >= 4 is 105 Å². The number of halogens is 8. The topological polar surface area (TPSA) is 102 Å². The first kappa shape index (κ1) is 40.9. The lowest BCUT2D eigenvalue weighted by Gasteiger charge is -2.29. The summed E-state index contributed by atoms with van der Waals surface area (Å²) in [6.07, 6.45) is -3.28. The fraction of sp³-hybridized carbons (Fsp3) is 0.371. The number of carbonyl (C=O) groups is 4. The number of aryl methyl sites for hydroxylation is 1. The number of hydrogen-bond donors (Lipinski definition) is 1. The molecule has 2 atom stereocenters. The van der Waals surface area contributed by atoms with E-state index in [2.05, 4.69) is 5.32 Å². The Bertz CT molecular complexity index is 1890. The molecule has 51 heavy (non-hydrogen) atoms. The standard InChI is InChI=1S/C35H32Cl6F2N2O6/c1-15-8-18(44-30(47)27-26(35(27,40)41)17-9-20(36)29(39)21(37)10-17)13-19(28(15)38)25(46)12-16-11-24(23(43)14-22(16)42)45(31(48)50-33(2,3)4)32(49)51-34(5,6)7/h8-11,13-14,26-27H,12H2,1-7H3,(H,44,47)/t26-,27+/m0/s1. The molecule has 274 valence electrons. The summed E-state index contributed by atoms with van der Waals surface area (Å²) in [5.74, 6) is -5.41. The number of benzene rings is 3. The van der Waals surface area contributed by atoms with Gasteiger partial charge in [-0.05, 0) is 95.5 Å². The lowest BCUT2D eigenvalue weighted by Crippen LogP contribution is -2.44. The van der Waals surface area contributed by atoms with Crippen molar-refractivity contribution in [2.75, 3.05) is 10.2 Å². The summed E-state index contributed by atoms with van der Waals surface area (Å²) in [5, 5.41) is 3.13. The van der Waals surface area contributed by atoms with Gasteiger partial charge in [0.15, 0.2) is 11.6 Å². The third-order valence-electron chi connectivity index (χ3n) is 7.38. The highest BCUT2D eigenvalue weighted by molar-refractivity contribution is 6.54. The second-order valence-electron chi connectivity index (χ2n) is 13.9. The molecule has 3 aromatic rings. The van der Waals surface area contributed by atoms with Crippen LogP contribution in [0.5, 0.6) is 0 Å². The predicted octanol–water partition coefficient (Wildman–Crippen LogP) is 11.5. The number of nitrogens with zero attached hydrogens (tertiary/aromatic N) is 1. The Morgan fingerprint density at radius 3 is 1.84 bits per heavy atom. The maximum Gasteiger partial charge on any atom is 0.424 e. The first-order valence-corrected chi connectivity index (χ1v) is 17.5. The lowest BCUT2D eigenvalue weighted by molar-refractivity contribution is -0.117. The van der Waals surface area contributed by atoms with Crippen LogP contribution in [0.3, 0.4) is 0 Å². The molecular weight excluding hydrogens is 795 g/mol. The van der Waals surface area contributed by atoms with Gasteiger partial charge >= 0.3 is 12.2 Å². The van der Waals surface area contributed by atoms with E-state index >= 15 is 8.78 Å². The van der Waals surface area contributed by atoms with Crippen LogP contribution in [0.1, 0.15) is 74.5 Å². The highest BCUT2D eigenvalue weighted by Gasteiger charge is 2.67. The molecule has 3 amide bonds. The Balaban J connectivity index is 1.63. The van der Waals surface area contributed by atoms with Crippen LogP contribution in [-0.2, 0) is 20.7 Å².